The Bertz CT molecular complexity index is 625. The summed E-state index contributed by atoms with van der Waals surface area (Å²) in [5.74, 6) is 0. The second-order valence-electron chi connectivity index (χ2n) is 5.66. The first kappa shape index (κ1) is 13.8. The van der Waals surface area contributed by atoms with E-state index in [4.69, 9.17) is 4.42 Å². The third kappa shape index (κ3) is 3.43. The Hall–Kier alpha value is -1.65. The summed E-state index contributed by atoms with van der Waals surface area (Å²) in [5, 5.41) is 14.3. The number of β-amino-alcohol motifs (C(OH)–C–C–N with tert-alkyl or cyclic N) is 1. The first-order valence-electron chi connectivity index (χ1n) is 6.33. The molecule has 0 saturated carbocycles. The molecule has 0 radical (unpaired) electrons. The molecule has 1 aromatic carbocycles. The van der Waals surface area contributed by atoms with Crippen molar-refractivity contribution >= 4 is 11.0 Å². The van der Waals surface area contributed by atoms with E-state index in [0.29, 0.717) is 12.1 Å². The molecule has 2 N–H and O–H groups in total. The molecule has 0 aliphatic carbocycles. The highest BCUT2D eigenvalue weighted by Gasteiger charge is 2.15. The third-order valence-electron chi connectivity index (χ3n) is 2.88. The van der Waals surface area contributed by atoms with Gasteiger partial charge >= 0.3 is 5.63 Å². The van der Waals surface area contributed by atoms with E-state index in [-0.39, 0.29) is 11.2 Å². The first-order chi connectivity index (χ1) is 8.87. The maximum Gasteiger partial charge on any atom is 0.336 e. The Balaban J connectivity index is 2.32. The number of rotatable bonds is 3. The van der Waals surface area contributed by atoms with Gasteiger partial charge in [-0.15, -0.1) is 0 Å². The first-order valence-corrected chi connectivity index (χ1v) is 6.33. The van der Waals surface area contributed by atoms with E-state index >= 15 is 0 Å². The van der Waals surface area contributed by atoms with Crippen LogP contribution in [0.1, 0.15) is 32.4 Å². The molecule has 0 amide bonds. The molecular weight excluding hydrogens is 242 g/mol. The zero-order valence-electron chi connectivity index (χ0n) is 11.4. The van der Waals surface area contributed by atoms with Crippen LogP contribution in [0.25, 0.3) is 11.0 Å². The van der Waals surface area contributed by atoms with Gasteiger partial charge in [0, 0.05) is 23.5 Å². The van der Waals surface area contributed by atoms with E-state index in [1.807, 2.05) is 26.8 Å². The molecule has 0 fully saturated rings. The van der Waals surface area contributed by atoms with Gasteiger partial charge in [-0.05, 0) is 38.5 Å². The molecule has 0 saturated heterocycles. The van der Waals surface area contributed by atoms with Crippen molar-refractivity contribution in [3.63, 3.8) is 0 Å². The number of fused-ring (bicyclic) bond motifs is 1. The monoisotopic (exact) mass is 261 g/mol. The lowest BCUT2D eigenvalue weighted by molar-refractivity contribution is 0.164. The van der Waals surface area contributed by atoms with Gasteiger partial charge in [0.25, 0.3) is 0 Å². The maximum absolute atomic E-state index is 11.2. The fourth-order valence-corrected chi connectivity index (χ4v) is 1.93. The zero-order valence-corrected chi connectivity index (χ0v) is 11.4. The topological polar surface area (TPSA) is 62.5 Å². The Kier molecular flexibility index (Phi) is 3.73. The normalized spacial score (nSPS) is 13.7. The van der Waals surface area contributed by atoms with Crippen molar-refractivity contribution in [3.8, 4) is 0 Å². The van der Waals surface area contributed by atoms with Gasteiger partial charge in [0.05, 0.1) is 6.10 Å². The molecule has 2 aromatic rings. The van der Waals surface area contributed by atoms with Gasteiger partial charge in [-0.2, -0.15) is 0 Å². The van der Waals surface area contributed by atoms with Crippen LogP contribution < -0.4 is 10.9 Å². The molecule has 1 heterocycles. The van der Waals surface area contributed by atoms with Crippen LogP contribution in [-0.2, 0) is 0 Å². The van der Waals surface area contributed by atoms with Crippen LogP contribution in [-0.4, -0.2) is 17.2 Å². The molecule has 0 unspecified atom stereocenters. The lowest BCUT2D eigenvalue weighted by atomic mass is 10.0. The Morgan fingerprint density at radius 2 is 2.00 bits per heavy atom. The number of benzene rings is 1. The molecule has 0 bridgehead atoms. The summed E-state index contributed by atoms with van der Waals surface area (Å²) in [6, 6.07) is 8.41. The van der Waals surface area contributed by atoms with Crippen molar-refractivity contribution in [2.75, 3.05) is 6.54 Å². The van der Waals surface area contributed by atoms with Crippen molar-refractivity contribution in [3.05, 3.63) is 46.3 Å². The summed E-state index contributed by atoms with van der Waals surface area (Å²) in [5.41, 5.74) is 0.822. The fourth-order valence-electron chi connectivity index (χ4n) is 1.93. The highest BCUT2D eigenvalue weighted by molar-refractivity contribution is 5.80. The SMILES string of the molecule is CC(C)(C)NC[C@H](O)c1cccc2oc(=O)ccc12. The molecule has 2 rings (SSSR count). The van der Waals surface area contributed by atoms with Crippen LogP contribution in [0.2, 0.25) is 0 Å². The molecule has 4 heteroatoms. The molecule has 0 aliphatic heterocycles. The highest BCUT2D eigenvalue weighted by atomic mass is 16.4. The Morgan fingerprint density at radius 3 is 2.68 bits per heavy atom. The molecule has 1 atom stereocenters. The second kappa shape index (κ2) is 5.15. The zero-order chi connectivity index (χ0) is 14.0. The van der Waals surface area contributed by atoms with Crippen molar-refractivity contribution in [1.29, 1.82) is 0 Å². The van der Waals surface area contributed by atoms with Crippen molar-refractivity contribution < 1.29 is 9.52 Å². The van der Waals surface area contributed by atoms with Gasteiger partial charge in [-0.1, -0.05) is 12.1 Å². The number of nitrogens with one attached hydrogen (secondary N) is 1. The highest BCUT2D eigenvalue weighted by Crippen LogP contribution is 2.23. The lowest BCUT2D eigenvalue weighted by Gasteiger charge is -2.23. The number of aliphatic hydroxyl groups is 1. The summed E-state index contributed by atoms with van der Waals surface area (Å²) in [6.07, 6.45) is -0.643. The van der Waals surface area contributed by atoms with Gasteiger partial charge in [0.2, 0.25) is 0 Å². The Labute approximate surface area is 112 Å². The van der Waals surface area contributed by atoms with E-state index < -0.39 is 6.10 Å². The predicted octanol–water partition coefficient (Wildman–Crippen LogP) is 2.21. The summed E-state index contributed by atoms with van der Waals surface area (Å²) in [4.78, 5) is 11.2. The average Bonchev–Trinajstić information content (AvgIpc) is 2.34. The number of aliphatic hydroxyl groups excluding tert-OH is 1. The molecule has 4 nitrogen and oxygen atoms in total. The van der Waals surface area contributed by atoms with Crippen LogP contribution in [0.15, 0.2) is 39.5 Å². The van der Waals surface area contributed by atoms with Gasteiger partial charge < -0.3 is 14.8 Å². The summed E-state index contributed by atoms with van der Waals surface area (Å²) in [7, 11) is 0. The van der Waals surface area contributed by atoms with Crippen molar-refractivity contribution in [2.24, 2.45) is 0 Å². The van der Waals surface area contributed by atoms with E-state index in [1.165, 1.54) is 6.07 Å². The summed E-state index contributed by atoms with van der Waals surface area (Å²) < 4.78 is 5.11. The maximum atomic E-state index is 11.2. The van der Waals surface area contributed by atoms with Crippen molar-refractivity contribution in [1.82, 2.24) is 5.32 Å². The fraction of sp³-hybridized carbons (Fsp3) is 0.400. The van der Waals surface area contributed by atoms with Crippen LogP contribution in [0.4, 0.5) is 0 Å². The van der Waals surface area contributed by atoms with Gasteiger partial charge in [0.1, 0.15) is 5.58 Å². The van der Waals surface area contributed by atoms with Crippen LogP contribution in [0.3, 0.4) is 0 Å². The minimum atomic E-state index is -0.643. The number of hydrogen-bond donors (Lipinski definition) is 2. The second-order valence-corrected chi connectivity index (χ2v) is 5.66. The minimum Gasteiger partial charge on any atom is -0.423 e. The van der Waals surface area contributed by atoms with Gasteiger partial charge in [-0.3, -0.25) is 0 Å². The lowest BCUT2D eigenvalue weighted by Crippen LogP contribution is -2.38. The van der Waals surface area contributed by atoms with Crippen molar-refractivity contribution in [2.45, 2.75) is 32.4 Å². The molecule has 19 heavy (non-hydrogen) atoms. The van der Waals surface area contributed by atoms with Crippen LogP contribution in [0.5, 0.6) is 0 Å². The van der Waals surface area contributed by atoms with Gasteiger partial charge in [0.15, 0.2) is 0 Å². The molecular formula is C15H19NO3. The molecule has 1 aromatic heterocycles. The smallest absolute Gasteiger partial charge is 0.336 e. The Morgan fingerprint density at radius 1 is 1.26 bits per heavy atom. The standard InChI is InChI=1S/C15H19NO3/c1-15(2,3)16-9-12(17)10-5-4-6-13-11(10)7-8-14(18)19-13/h4-8,12,16-17H,9H2,1-3H3/t12-/m0/s1. The van der Waals surface area contributed by atoms with E-state index in [9.17, 15) is 9.90 Å². The van der Waals surface area contributed by atoms with Crippen LogP contribution in [0, 0.1) is 0 Å². The molecule has 102 valence electrons. The molecule has 0 aliphatic rings. The third-order valence-corrected chi connectivity index (χ3v) is 2.88. The number of hydrogen-bond acceptors (Lipinski definition) is 4. The summed E-state index contributed by atoms with van der Waals surface area (Å²) in [6.45, 7) is 6.58. The average molecular weight is 261 g/mol. The van der Waals surface area contributed by atoms with Gasteiger partial charge in [-0.25, -0.2) is 4.79 Å². The van der Waals surface area contributed by atoms with E-state index in [0.717, 1.165) is 10.9 Å². The van der Waals surface area contributed by atoms with E-state index in [1.54, 1.807) is 18.2 Å². The van der Waals surface area contributed by atoms with E-state index in [2.05, 4.69) is 5.32 Å². The van der Waals surface area contributed by atoms with Crippen LogP contribution >= 0.6 is 0 Å². The quantitative estimate of drug-likeness (QED) is 0.832. The minimum absolute atomic E-state index is 0.0574. The summed E-state index contributed by atoms with van der Waals surface area (Å²) >= 11 is 0. The molecule has 0 spiro atoms. The largest absolute Gasteiger partial charge is 0.423 e. The predicted molar refractivity (Wildman–Crippen MR) is 75.2 cm³/mol.